The lowest BCUT2D eigenvalue weighted by Crippen LogP contribution is -2.47. The van der Waals surface area contributed by atoms with E-state index >= 15 is 0 Å². The minimum absolute atomic E-state index is 0.0176. The van der Waals surface area contributed by atoms with Crippen molar-refractivity contribution in [1.82, 2.24) is 20.9 Å². The van der Waals surface area contributed by atoms with E-state index in [0.29, 0.717) is 18.5 Å². The number of likely N-dealkylation sites (tertiary alicyclic amines) is 1. The van der Waals surface area contributed by atoms with Crippen LogP contribution >= 0.6 is 0 Å². The summed E-state index contributed by atoms with van der Waals surface area (Å²) < 4.78 is 0. The topological polar surface area (TPSA) is 68.8 Å². The summed E-state index contributed by atoms with van der Waals surface area (Å²) in [6.07, 6.45) is 6.02. The highest BCUT2D eigenvalue weighted by Crippen LogP contribution is 2.18. The molecule has 1 heterocycles. The quantitative estimate of drug-likeness (QED) is 0.456. The molecule has 1 saturated heterocycles. The van der Waals surface area contributed by atoms with Gasteiger partial charge >= 0.3 is 0 Å². The molecule has 3 N–H and O–H groups in total. The Morgan fingerprint density at radius 2 is 1.96 bits per heavy atom. The molecule has 1 atom stereocenters. The first kappa shape index (κ1) is 21.2. The Kier molecular flexibility index (Phi) is 9.69. The summed E-state index contributed by atoms with van der Waals surface area (Å²) in [5, 5.41) is 9.34. The van der Waals surface area contributed by atoms with Crippen LogP contribution in [0.4, 0.5) is 0 Å². The van der Waals surface area contributed by atoms with E-state index in [9.17, 15) is 4.79 Å². The van der Waals surface area contributed by atoms with Crippen molar-refractivity contribution in [1.29, 1.82) is 0 Å². The van der Waals surface area contributed by atoms with Crippen LogP contribution in [-0.4, -0.2) is 62.6 Å². The van der Waals surface area contributed by atoms with E-state index in [-0.39, 0.29) is 12.5 Å². The molecule has 0 aromatic heterocycles. The third kappa shape index (κ3) is 7.99. The Labute approximate surface area is 163 Å². The largest absolute Gasteiger partial charge is 0.355 e. The normalized spacial score (nSPS) is 18.1. The van der Waals surface area contributed by atoms with Gasteiger partial charge in [0, 0.05) is 32.7 Å². The number of carbonyl (C=O) groups excluding carboxylic acids is 1. The molecule has 1 aromatic carbocycles. The molecule has 0 saturated carbocycles. The second-order valence-electron chi connectivity index (χ2n) is 7.03. The maximum Gasteiger partial charge on any atom is 0.239 e. The standard InChI is InChI=1S/C21H35N5O/c1-3-19-11-7-8-15-26(19)16-14-24-21(22-2)25-17-20(27)23-13-12-18-9-5-4-6-10-18/h4-6,9-10,19H,3,7-8,11-17H2,1-2H3,(H,23,27)(H2,22,24,25). The van der Waals surface area contributed by atoms with Gasteiger partial charge in [0.1, 0.15) is 0 Å². The van der Waals surface area contributed by atoms with Crippen molar-refractivity contribution in [2.24, 2.45) is 4.99 Å². The van der Waals surface area contributed by atoms with Gasteiger partial charge in [-0.1, -0.05) is 43.7 Å². The van der Waals surface area contributed by atoms with Gasteiger partial charge in [0.15, 0.2) is 5.96 Å². The molecular formula is C21H35N5O. The van der Waals surface area contributed by atoms with Gasteiger partial charge in [0.05, 0.1) is 6.54 Å². The summed E-state index contributed by atoms with van der Waals surface area (Å²) in [5.74, 6) is 0.661. The molecule has 1 aliphatic heterocycles. The van der Waals surface area contributed by atoms with Crippen molar-refractivity contribution in [2.45, 2.75) is 45.1 Å². The monoisotopic (exact) mass is 373 g/mol. The lowest BCUT2D eigenvalue weighted by atomic mass is 10.0. The Morgan fingerprint density at radius 1 is 1.15 bits per heavy atom. The number of aliphatic imine (C=N–C) groups is 1. The molecular weight excluding hydrogens is 338 g/mol. The Bertz CT molecular complexity index is 575. The Hall–Kier alpha value is -2.08. The Morgan fingerprint density at radius 3 is 2.70 bits per heavy atom. The van der Waals surface area contributed by atoms with Crippen LogP contribution in [-0.2, 0) is 11.2 Å². The molecule has 6 nitrogen and oxygen atoms in total. The summed E-state index contributed by atoms with van der Waals surface area (Å²) in [5.41, 5.74) is 1.23. The van der Waals surface area contributed by atoms with Crippen molar-refractivity contribution in [3.63, 3.8) is 0 Å². The number of benzene rings is 1. The van der Waals surface area contributed by atoms with Crippen molar-refractivity contribution in [2.75, 3.05) is 39.8 Å². The van der Waals surface area contributed by atoms with Crippen molar-refractivity contribution in [3.05, 3.63) is 35.9 Å². The Balaban J connectivity index is 1.59. The van der Waals surface area contributed by atoms with Gasteiger partial charge in [0.25, 0.3) is 0 Å². The highest BCUT2D eigenvalue weighted by atomic mass is 16.1. The van der Waals surface area contributed by atoms with Gasteiger partial charge in [-0.15, -0.1) is 0 Å². The van der Waals surface area contributed by atoms with Crippen LogP contribution in [0.1, 0.15) is 38.2 Å². The maximum absolute atomic E-state index is 12.0. The molecule has 1 unspecified atom stereocenters. The molecule has 1 aromatic rings. The maximum atomic E-state index is 12.0. The fraction of sp³-hybridized carbons (Fsp3) is 0.619. The van der Waals surface area contributed by atoms with Crippen molar-refractivity contribution >= 4 is 11.9 Å². The van der Waals surface area contributed by atoms with Crippen LogP contribution < -0.4 is 16.0 Å². The molecule has 6 heteroatoms. The lowest BCUT2D eigenvalue weighted by molar-refractivity contribution is -0.119. The van der Waals surface area contributed by atoms with Gasteiger partial charge in [-0.2, -0.15) is 0 Å². The number of hydrogen-bond donors (Lipinski definition) is 3. The van der Waals surface area contributed by atoms with E-state index in [1.807, 2.05) is 18.2 Å². The van der Waals surface area contributed by atoms with E-state index in [1.165, 1.54) is 37.8 Å². The molecule has 1 amide bonds. The number of rotatable bonds is 9. The van der Waals surface area contributed by atoms with Crippen LogP contribution in [0.3, 0.4) is 0 Å². The van der Waals surface area contributed by atoms with E-state index in [1.54, 1.807) is 7.05 Å². The molecule has 1 aliphatic rings. The minimum atomic E-state index is -0.0176. The number of carbonyl (C=O) groups is 1. The first-order valence-corrected chi connectivity index (χ1v) is 10.2. The third-order valence-electron chi connectivity index (χ3n) is 5.13. The zero-order chi connectivity index (χ0) is 19.3. The van der Waals surface area contributed by atoms with Crippen LogP contribution in [0, 0.1) is 0 Å². The van der Waals surface area contributed by atoms with Crippen molar-refractivity contribution in [3.8, 4) is 0 Å². The van der Waals surface area contributed by atoms with E-state index in [0.717, 1.165) is 19.5 Å². The minimum Gasteiger partial charge on any atom is -0.355 e. The van der Waals surface area contributed by atoms with Gasteiger partial charge < -0.3 is 16.0 Å². The van der Waals surface area contributed by atoms with Gasteiger partial charge in [-0.3, -0.25) is 14.7 Å². The fourth-order valence-electron chi connectivity index (χ4n) is 3.57. The summed E-state index contributed by atoms with van der Waals surface area (Å²) in [6, 6.07) is 10.9. The van der Waals surface area contributed by atoms with E-state index in [4.69, 9.17) is 0 Å². The zero-order valence-corrected chi connectivity index (χ0v) is 16.8. The molecule has 0 bridgehead atoms. The molecule has 27 heavy (non-hydrogen) atoms. The zero-order valence-electron chi connectivity index (χ0n) is 16.8. The summed E-state index contributed by atoms with van der Waals surface area (Å²) in [6.45, 7) is 6.19. The molecule has 1 fully saturated rings. The lowest BCUT2D eigenvalue weighted by Gasteiger charge is -2.35. The summed E-state index contributed by atoms with van der Waals surface area (Å²) >= 11 is 0. The number of guanidine groups is 1. The highest BCUT2D eigenvalue weighted by Gasteiger charge is 2.19. The predicted octanol–water partition coefficient (Wildman–Crippen LogP) is 1.77. The van der Waals surface area contributed by atoms with Crippen molar-refractivity contribution < 1.29 is 4.79 Å². The smallest absolute Gasteiger partial charge is 0.239 e. The SMILES string of the molecule is CCC1CCCCN1CCNC(=NC)NCC(=O)NCCc1ccccc1. The fourth-order valence-corrected chi connectivity index (χ4v) is 3.57. The van der Waals surface area contributed by atoms with E-state index in [2.05, 4.69) is 44.9 Å². The van der Waals surface area contributed by atoms with Crippen LogP contribution in [0.5, 0.6) is 0 Å². The predicted molar refractivity (Wildman–Crippen MR) is 112 cm³/mol. The average Bonchev–Trinajstić information content (AvgIpc) is 2.71. The van der Waals surface area contributed by atoms with Gasteiger partial charge in [-0.25, -0.2) is 0 Å². The number of hydrogen-bond acceptors (Lipinski definition) is 3. The summed E-state index contributed by atoms with van der Waals surface area (Å²) in [4.78, 5) is 18.8. The number of nitrogens with zero attached hydrogens (tertiary/aromatic N) is 2. The summed E-state index contributed by atoms with van der Waals surface area (Å²) in [7, 11) is 1.73. The number of amides is 1. The third-order valence-corrected chi connectivity index (χ3v) is 5.13. The molecule has 0 aliphatic carbocycles. The molecule has 150 valence electrons. The molecule has 0 radical (unpaired) electrons. The second-order valence-corrected chi connectivity index (χ2v) is 7.03. The van der Waals surface area contributed by atoms with Gasteiger partial charge in [-0.05, 0) is 37.8 Å². The highest BCUT2D eigenvalue weighted by molar-refractivity contribution is 5.86. The molecule has 2 rings (SSSR count). The first-order chi connectivity index (χ1) is 13.2. The van der Waals surface area contributed by atoms with Crippen LogP contribution in [0.2, 0.25) is 0 Å². The first-order valence-electron chi connectivity index (χ1n) is 10.2. The second kappa shape index (κ2) is 12.3. The molecule has 0 spiro atoms. The average molecular weight is 374 g/mol. The van der Waals surface area contributed by atoms with Gasteiger partial charge in [0.2, 0.25) is 5.91 Å². The van der Waals surface area contributed by atoms with E-state index < -0.39 is 0 Å². The van der Waals surface area contributed by atoms with Crippen LogP contribution in [0.25, 0.3) is 0 Å². The van der Waals surface area contributed by atoms with Crippen LogP contribution in [0.15, 0.2) is 35.3 Å². The number of piperidine rings is 1. The number of nitrogens with one attached hydrogen (secondary N) is 3.